The van der Waals surface area contributed by atoms with E-state index in [4.69, 9.17) is 4.74 Å². The minimum atomic E-state index is -0.565. The van der Waals surface area contributed by atoms with Crippen molar-refractivity contribution < 1.29 is 14.6 Å². The smallest absolute Gasteiger partial charge is 0.263 e. The zero-order valence-electron chi connectivity index (χ0n) is 15.6. The maximum Gasteiger partial charge on any atom is 0.263 e. The molecule has 24 heavy (non-hydrogen) atoms. The van der Waals surface area contributed by atoms with Crippen LogP contribution < -0.4 is 4.74 Å². The van der Waals surface area contributed by atoms with Gasteiger partial charge in [-0.2, -0.15) is 0 Å². The minimum Gasteiger partial charge on any atom is -0.481 e. The quantitative estimate of drug-likeness (QED) is 0.917. The molecule has 1 saturated carbocycles. The Bertz CT molecular complexity index is 547. The van der Waals surface area contributed by atoms with Gasteiger partial charge in [-0.05, 0) is 42.9 Å². The Morgan fingerprint density at radius 1 is 1.21 bits per heavy atom. The van der Waals surface area contributed by atoms with Crippen LogP contribution in [-0.4, -0.2) is 41.2 Å². The maximum atomic E-state index is 12.6. The average Bonchev–Trinajstić information content (AvgIpc) is 2.53. The summed E-state index contributed by atoms with van der Waals surface area (Å²) in [5.41, 5.74) is 1.33. The third kappa shape index (κ3) is 4.50. The monoisotopic (exact) mass is 333 g/mol. The summed E-state index contributed by atoms with van der Waals surface area (Å²) in [6.07, 6.45) is 2.73. The van der Waals surface area contributed by atoms with Crippen LogP contribution in [0.15, 0.2) is 24.3 Å². The zero-order valence-corrected chi connectivity index (χ0v) is 15.6. The summed E-state index contributed by atoms with van der Waals surface area (Å²) in [6.45, 7) is 8.27. The van der Waals surface area contributed by atoms with Gasteiger partial charge in [-0.1, -0.05) is 45.7 Å². The second kappa shape index (κ2) is 7.56. The fourth-order valence-corrected chi connectivity index (χ4v) is 3.28. The summed E-state index contributed by atoms with van der Waals surface area (Å²) in [6, 6.07) is 7.82. The Morgan fingerprint density at radius 3 is 2.33 bits per heavy atom. The molecule has 0 saturated heterocycles. The van der Waals surface area contributed by atoms with Crippen molar-refractivity contribution in [3.63, 3.8) is 0 Å². The van der Waals surface area contributed by atoms with E-state index in [1.165, 1.54) is 5.56 Å². The van der Waals surface area contributed by atoms with Crippen LogP contribution in [0.1, 0.15) is 58.9 Å². The highest BCUT2D eigenvalue weighted by atomic mass is 16.5. The molecular weight excluding hydrogens is 302 g/mol. The van der Waals surface area contributed by atoms with Gasteiger partial charge in [-0.3, -0.25) is 4.79 Å². The molecule has 0 aliphatic heterocycles. The highest BCUT2D eigenvalue weighted by Crippen LogP contribution is 2.26. The number of rotatable bonds is 4. The van der Waals surface area contributed by atoms with Crippen LogP contribution in [0.4, 0.5) is 0 Å². The van der Waals surface area contributed by atoms with E-state index < -0.39 is 12.2 Å². The van der Waals surface area contributed by atoms with Crippen LogP contribution in [0.2, 0.25) is 0 Å². The first-order valence-corrected chi connectivity index (χ1v) is 8.92. The van der Waals surface area contributed by atoms with Crippen molar-refractivity contribution in [1.29, 1.82) is 0 Å². The van der Waals surface area contributed by atoms with E-state index in [0.29, 0.717) is 5.75 Å². The molecule has 4 heteroatoms. The summed E-state index contributed by atoms with van der Waals surface area (Å²) < 4.78 is 5.82. The third-order valence-electron chi connectivity index (χ3n) is 4.92. The third-order valence-corrected chi connectivity index (χ3v) is 4.92. The van der Waals surface area contributed by atoms with Crippen LogP contribution in [0.3, 0.4) is 0 Å². The lowest BCUT2D eigenvalue weighted by Gasteiger charge is -2.36. The van der Waals surface area contributed by atoms with Gasteiger partial charge < -0.3 is 14.7 Å². The largest absolute Gasteiger partial charge is 0.481 e. The standard InChI is InChI=1S/C20H31NO3/c1-14(19(23)21(5)17-8-6-7-9-18(17)22)24-16-12-10-15(11-13-16)20(2,3)4/h10-14,17-18,22H,6-9H2,1-5H3/t14-,17-,18+/m0/s1. The number of carbonyl (C=O) groups excluding carboxylic acids is 1. The van der Waals surface area contributed by atoms with Gasteiger partial charge in [0, 0.05) is 7.05 Å². The van der Waals surface area contributed by atoms with Gasteiger partial charge in [-0.25, -0.2) is 0 Å². The van der Waals surface area contributed by atoms with Gasteiger partial charge in [-0.15, -0.1) is 0 Å². The summed E-state index contributed by atoms with van der Waals surface area (Å²) in [5.74, 6) is 0.613. The van der Waals surface area contributed by atoms with Gasteiger partial charge in [0.25, 0.3) is 5.91 Å². The van der Waals surface area contributed by atoms with Crippen LogP contribution in [0.25, 0.3) is 0 Å². The molecule has 0 radical (unpaired) electrons. The van der Waals surface area contributed by atoms with Crippen LogP contribution in [-0.2, 0) is 10.2 Å². The predicted octanol–water partition coefficient (Wildman–Crippen LogP) is 3.51. The summed E-state index contributed by atoms with van der Waals surface area (Å²) in [7, 11) is 1.77. The number of carbonyl (C=O) groups is 1. The highest BCUT2D eigenvalue weighted by Gasteiger charge is 2.32. The highest BCUT2D eigenvalue weighted by molar-refractivity contribution is 5.81. The van der Waals surface area contributed by atoms with Gasteiger partial charge in [0.2, 0.25) is 0 Å². The first kappa shape index (κ1) is 18.8. The number of hydrogen-bond acceptors (Lipinski definition) is 3. The normalized spacial score (nSPS) is 22.8. The lowest BCUT2D eigenvalue weighted by molar-refractivity contribution is -0.142. The van der Waals surface area contributed by atoms with Gasteiger partial charge in [0.05, 0.1) is 12.1 Å². The molecule has 0 aromatic heterocycles. The molecule has 1 aromatic carbocycles. The number of likely N-dealkylation sites (N-methyl/N-ethyl adjacent to an activating group) is 1. The topological polar surface area (TPSA) is 49.8 Å². The van der Waals surface area contributed by atoms with Crippen LogP contribution in [0.5, 0.6) is 5.75 Å². The van der Waals surface area contributed by atoms with E-state index in [2.05, 4.69) is 20.8 Å². The molecule has 0 unspecified atom stereocenters. The molecule has 2 rings (SSSR count). The predicted molar refractivity (Wildman–Crippen MR) is 96.3 cm³/mol. The number of aliphatic hydroxyl groups excluding tert-OH is 1. The molecule has 0 spiro atoms. The van der Waals surface area contributed by atoms with Crippen molar-refractivity contribution in [2.45, 2.75) is 77.0 Å². The van der Waals surface area contributed by atoms with Gasteiger partial charge in [0.15, 0.2) is 6.10 Å². The second-order valence-electron chi connectivity index (χ2n) is 7.90. The lowest BCUT2D eigenvalue weighted by atomic mass is 9.87. The summed E-state index contributed by atoms with van der Waals surface area (Å²) >= 11 is 0. The number of aliphatic hydroxyl groups is 1. The number of benzene rings is 1. The molecular formula is C20H31NO3. The van der Waals surface area contributed by atoms with Gasteiger partial charge >= 0.3 is 0 Å². The SMILES string of the molecule is C[C@H](Oc1ccc(C(C)(C)C)cc1)C(=O)N(C)[C@H]1CCCC[C@H]1O. The van der Waals surface area contributed by atoms with Crippen molar-refractivity contribution in [2.75, 3.05) is 7.05 Å². The van der Waals surface area contributed by atoms with E-state index in [1.54, 1.807) is 18.9 Å². The van der Waals surface area contributed by atoms with Crippen molar-refractivity contribution in [2.24, 2.45) is 0 Å². The molecule has 0 bridgehead atoms. The second-order valence-corrected chi connectivity index (χ2v) is 7.90. The lowest BCUT2D eigenvalue weighted by Crippen LogP contribution is -2.50. The van der Waals surface area contributed by atoms with Crippen LogP contribution >= 0.6 is 0 Å². The number of amides is 1. The molecule has 3 atom stereocenters. The average molecular weight is 333 g/mol. The number of ether oxygens (including phenoxy) is 1. The van der Waals surface area contributed by atoms with E-state index in [-0.39, 0.29) is 17.4 Å². The van der Waals surface area contributed by atoms with E-state index in [9.17, 15) is 9.90 Å². The Labute approximate surface area is 145 Å². The molecule has 1 aromatic rings. The molecule has 1 aliphatic carbocycles. The first-order valence-electron chi connectivity index (χ1n) is 8.92. The molecule has 4 nitrogen and oxygen atoms in total. The Hall–Kier alpha value is -1.55. The Balaban J connectivity index is 1.98. The molecule has 134 valence electrons. The fraction of sp³-hybridized carbons (Fsp3) is 0.650. The molecule has 0 heterocycles. The van der Waals surface area contributed by atoms with E-state index >= 15 is 0 Å². The molecule has 1 fully saturated rings. The molecule has 1 aliphatic rings. The van der Waals surface area contributed by atoms with E-state index in [0.717, 1.165) is 25.7 Å². The fourth-order valence-electron chi connectivity index (χ4n) is 3.28. The number of hydrogen-bond donors (Lipinski definition) is 1. The van der Waals surface area contributed by atoms with Crippen molar-refractivity contribution in [1.82, 2.24) is 4.90 Å². The van der Waals surface area contributed by atoms with E-state index in [1.807, 2.05) is 24.3 Å². The summed E-state index contributed by atoms with van der Waals surface area (Å²) in [5, 5.41) is 10.1. The van der Waals surface area contributed by atoms with Gasteiger partial charge in [0.1, 0.15) is 5.75 Å². The van der Waals surface area contributed by atoms with Crippen molar-refractivity contribution >= 4 is 5.91 Å². The Morgan fingerprint density at radius 2 is 1.79 bits per heavy atom. The zero-order chi connectivity index (χ0) is 17.9. The summed E-state index contributed by atoms with van der Waals surface area (Å²) in [4.78, 5) is 14.3. The Kier molecular flexibility index (Phi) is 5.92. The molecule has 1 N–H and O–H groups in total. The van der Waals surface area contributed by atoms with Crippen molar-refractivity contribution in [3.8, 4) is 5.75 Å². The number of nitrogens with zero attached hydrogens (tertiary/aromatic N) is 1. The first-order chi connectivity index (χ1) is 11.2. The maximum absolute atomic E-state index is 12.6. The van der Waals surface area contributed by atoms with Crippen molar-refractivity contribution in [3.05, 3.63) is 29.8 Å². The molecule has 1 amide bonds. The minimum absolute atomic E-state index is 0.0825. The van der Waals surface area contributed by atoms with Crippen LogP contribution in [0, 0.1) is 0 Å².